The first-order valence-corrected chi connectivity index (χ1v) is 11.4. The third-order valence-electron chi connectivity index (χ3n) is 5.14. The van der Waals surface area contributed by atoms with Gasteiger partial charge in [0.25, 0.3) is 0 Å². The van der Waals surface area contributed by atoms with E-state index in [0.29, 0.717) is 37.4 Å². The fourth-order valence-corrected chi connectivity index (χ4v) is 4.93. The lowest BCUT2D eigenvalue weighted by atomic mass is 10.1. The molecule has 0 spiro atoms. The summed E-state index contributed by atoms with van der Waals surface area (Å²) in [4.78, 5) is 12.5. The minimum atomic E-state index is -3.41. The predicted molar refractivity (Wildman–Crippen MR) is 112 cm³/mol. The Bertz CT molecular complexity index is 920. The molecule has 1 saturated heterocycles. The lowest BCUT2D eigenvalue weighted by Crippen LogP contribution is -2.35. The average Bonchev–Trinajstić information content (AvgIpc) is 2.77. The molecule has 3 rings (SSSR count). The number of carbonyl (C=O) groups is 1. The molecular weight excluding hydrogens is 388 g/mol. The first kappa shape index (κ1) is 21.3. The molecule has 1 fully saturated rings. The summed E-state index contributed by atoms with van der Waals surface area (Å²) in [5.74, 6) is 0.717. The standard InChI is InChI=1S/C22H28N2O4S/c1-28-20-7-5-6-19(16-20)17-23-22(25)13-10-18-8-11-21(12-9-18)29(26,27)24-14-3-2-4-15-24/h5-9,11-12,16H,2-4,10,13-15,17H2,1H3,(H,23,25). The Hall–Kier alpha value is -2.38. The van der Waals surface area contributed by atoms with E-state index < -0.39 is 10.0 Å². The summed E-state index contributed by atoms with van der Waals surface area (Å²) in [6, 6.07) is 14.5. The molecule has 0 aliphatic carbocycles. The van der Waals surface area contributed by atoms with Crippen molar-refractivity contribution in [1.82, 2.24) is 9.62 Å². The molecular formula is C22H28N2O4S. The van der Waals surface area contributed by atoms with Gasteiger partial charge in [0.2, 0.25) is 15.9 Å². The van der Waals surface area contributed by atoms with Gasteiger partial charge in [-0.3, -0.25) is 4.79 Å². The smallest absolute Gasteiger partial charge is 0.243 e. The molecule has 0 saturated carbocycles. The van der Waals surface area contributed by atoms with Crippen molar-refractivity contribution in [2.75, 3.05) is 20.2 Å². The number of methoxy groups -OCH3 is 1. The van der Waals surface area contributed by atoms with E-state index in [1.807, 2.05) is 24.3 Å². The maximum Gasteiger partial charge on any atom is 0.243 e. The number of hydrogen-bond donors (Lipinski definition) is 1. The predicted octanol–water partition coefficient (Wildman–Crippen LogP) is 3.12. The summed E-state index contributed by atoms with van der Waals surface area (Å²) in [6.07, 6.45) is 3.84. The minimum absolute atomic E-state index is 0.0437. The molecule has 1 heterocycles. The third-order valence-corrected chi connectivity index (χ3v) is 7.05. The molecule has 0 bridgehead atoms. The Morgan fingerprint density at radius 2 is 1.76 bits per heavy atom. The topological polar surface area (TPSA) is 75.7 Å². The van der Waals surface area contributed by atoms with Crippen molar-refractivity contribution in [3.05, 3.63) is 59.7 Å². The lowest BCUT2D eigenvalue weighted by molar-refractivity contribution is -0.121. The summed E-state index contributed by atoms with van der Waals surface area (Å²) in [5, 5.41) is 2.90. The Morgan fingerprint density at radius 3 is 2.45 bits per heavy atom. The second-order valence-corrected chi connectivity index (χ2v) is 9.17. The largest absolute Gasteiger partial charge is 0.497 e. The van der Waals surface area contributed by atoms with Gasteiger partial charge in [0, 0.05) is 26.1 Å². The van der Waals surface area contributed by atoms with Crippen molar-refractivity contribution in [3.63, 3.8) is 0 Å². The zero-order valence-electron chi connectivity index (χ0n) is 16.8. The Morgan fingerprint density at radius 1 is 1.03 bits per heavy atom. The van der Waals surface area contributed by atoms with Gasteiger partial charge in [-0.15, -0.1) is 0 Å². The van der Waals surface area contributed by atoms with Gasteiger partial charge < -0.3 is 10.1 Å². The van der Waals surface area contributed by atoms with Gasteiger partial charge in [-0.05, 0) is 54.7 Å². The molecule has 2 aromatic carbocycles. The van der Waals surface area contributed by atoms with Crippen molar-refractivity contribution in [2.24, 2.45) is 0 Å². The van der Waals surface area contributed by atoms with E-state index >= 15 is 0 Å². The van der Waals surface area contributed by atoms with Crippen LogP contribution in [0.3, 0.4) is 0 Å². The van der Waals surface area contributed by atoms with E-state index in [9.17, 15) is 13.2 Å². The van der Waals surface area contributed by atoms with Gasteiger partial charge >= 0.3 is 0 Å². The van der Waals surface area contributed by atoms with Crippen LogP contribution in [0.2, 0.25) is 0 Å². The number of rotatable bonds is 8. The van der Waals surface area contributed by atoms with Gasteiger partial charge in [0.15, 0.2) is 0 Å². The third kappa shape index (κ3) is 5.81. The van der Waals surface area contributed by atoms with Crippen LogP contribution < -0.4 is 10.1 Å². The zero-order chi connectivity index (χ0) is 20.7. The molecule has 1 N–H and O–H groups in total. The van der Waals surface area contributed by atoms with Gasteiger partial charge in [-0.25, -0.2) is 8.42 Å². The second-order valence-electron chi connectivity index (χ2n) is 7.24. The Kier molecular flexibility index (Phi) is 7.28. The number of nitrogens with one attached hydrogen (secondary N) is 1. The number of benzene rings is 2. The van der Waals surface area contributed by atoms with E-state index in [1.165, 1.54) is 0 Å². The molecule has 0 radical (unpaired) electrons. The summed E-state index contributed by atoms with van der Waals surface area (Å²) in [5.41, 5.74) is 1.92. The Labute approximate surface area is 172 Å². The molecule has 1 aliphatic rings. The number of amides is 1. The van der Waals surface area contributed by atoms with E-state index in [2.05, 4.69) is 5.32 Å². The molecule has 2 aromatic rings. The molecule has 0 atom stereocenters. The van der Waals surface area contributed by atoms with Crippen LogP contribution in [0.15, 0.2) is 53.4 Å². The molecule has 1 aliphatic heterocycles. The van der Waals surface area contributed by atoms with Crippen LogP contribution in [0.25, 0.3) is 0 Å². The maximum atomic E-state index is 12.7. The molecule has 0 aromatic heterocycles. The molecule has 0 unspecified atom stereocenters. The van der Waals surface area contributed by atoms with Crippen molar-refractivity contribution in [1.29, 1.82) is 0 Å². The normalized spacial score (nSPS) is 15.1. The first-order valence-electron chi connectivity index (χ1n) is 9.98. The number of sulfonamides is 1. The van der Waals surface area contributed by atoms with Crippen molar-refractivity contribution >= 4 is 15.9 Å². The van der Waals surface area contributed by atoms with Gasteiger partial charge in [0.05, 0.1) is 12.0 Å². The van der Waals surface area contributed by atoms with Gasteiger partial charge in [-0.1, -0.05) is 30.7 Å². The summed E-state index contributed by atoms with van der Waals surface area (Å²) < 4.78 is 32.1. The van der Waals surface area contributed by atoms with Crippen LogP contribution in [-0.2, 0) is 27.8 Å². The number of piperidine rings is 1. The molecule has 7 heteroatoms. The van der Waals surface area contributed by atoms with E-state index in [-0.39, 0.29) is 5.91 Å². The minimum Gasteiger partial charge on any atom is -0.497 e. The molecule has 6 nitrogen and oxygen atoms in total. The van der Waals surface area contributed by atoms with Crippen LogP contribution in [0.1, 0.15) is 36.8 Å². The number of carbonyl (C=O) groups excluding carboxylic acids is 1. The highest BCUT2D eigenvalue weighted by molar-refractivity contribution is 7.89. The summed E-state index contributed by atoms with van der Waals surface area (Å²) in [6.45, 7) is 1.64. The SMILES string of the molecule is COc1cccc(CNC(=O)CCc2ccc(S(=O)(=O)N3CCCCC3)cc2)c1. The van der Waals surface area contributed by atoms with Crippen molar-refractivity contribution in [3.8, 4) is 5.75 Å². The Balaban J connectivity index is 1.50. The highest BCUT2D eigenvalue weighted by Crippen LogP contribution is 2.21. The highest BCUT2D eigenvalue weighted by Gasteiger charge is 2.25. The maximum absolute atomic E-state index is 12.7. The quantitative estimate of drug-likeness (QED) is 0.717. The zero-order valence-corrected chi connectivity index (χ0v) is 17.6. The fourth-order valence-electron chi connectivity index (χ4n) is 3.41. The average molecular weight is 417 g/mol. The van der Waals surface area contributed by atoms with Crippen molar-refractivity contribution in [2.45, 2.75) is 43.5 Å². The van der Waals surface area contributed by atoms with Gasteiger partial charge in [-0.2, -0.15) is 4.31 Å². The van der Waals surface area contributed by atoms with E-state index in [4.69, 9.17) is 4.74 Å². The molecule has 1 amide bonds. The van der Waals surface area contributed by atoms with E-state index in [1.54, 1.807) is 35.7 Å². The van der Waals surface area contributed by atoms with Crippen LogP contribution in [0, 0.1) is 0 Å². The van der Waals surface area contributed by atoms with E-state index in [0.717, 1.165) is 36.1 Å². The van der Waals surface area contributed by atoms with Crippen LogP contribution >= 0.6 is 0 Å². The number of aryl methyl sites for hydroxylation is 1. The molecule has 156 valence electrons. The van der Waals surface area contributed by atoms with Gasteiger partial charge in [0.1, 0.15) is 5.75 Å². The second kappa shape index (κ2) is 9.89. The summed E-state index contributed by atoms with van der Waals surface area (Å²) in [7, 11) is -1.80. The highest BCUT2D eigenvalue weighted by atomic mass is 32.2. The fraction of sp³-hybridized carbons (Fsp3) is 0.409. The van der Waals surface area contributed by atoms with Crippen molar-refractivity contribution < 1.29 is 17.9 Å². The number of ether oxygens (including phenoxy) is 1. The lowest BCUT2D eigenvalue weighted by Gasteiger charge is -2.25. The number of nitrogens with zero attached hydrogens (tertiary/aromatic N) is 1. The van der Waals surface area contributed by atoms with Crippen LogP contribution in [0.4, 0.5) is 0 Å². The molecule has 29 heavy (non-hydrogen) atoms. The van der Waals surface area contributed by atoms with Crippen LogP contribution in [-0.4, -0.2) is 38.8 Å². The van der Waals surface area contributed by atoms with Crippen LogP contribution in [0.5, 0.6) is 5.75 Å². The first-order chi connectivity index (χ1) is 14.0. The number of hydrogen-bond acceptors (Lipinski definition) is 4. The monoisotopic (exact) mass is 416 g/mol. The summed E-state index contributed by atoms with van der Waals surface area (Å²) >= 11 is 0.